The van der Waals surface area contributed by atoms with E-state index in [4.69, 9.17) is 0 Å². The van der Waals surface area contributed by atoms with Crippen molar-refractivity contribution < 1.29 is 9.59 Å². The molecule has 2 amide bonds. The molecule has 0 radical (unpaired) electrons. The number of benzene rings is 1. The van der Waals surface area contributed by atoms with Gasteiger partial charge in [0.05, 0.1) is 0 Å². The molecule has 1 aliphatic rings. The van der Waals surface area contributed by atoms with Gasteiger partial charge in [0.1, 0.15) is 0 Å². The Kier molecular flexibility index (Phi) is 5.12. The van der Waals surface area contributed by atoms with Crippen molar-refractivity contribution in [2.24, 2.45) is 11.3 Å². The van der Waals surface area contributed by atoms with Crippen LogP contribution < -0.4 is 10.2 Å². The Morgan fingerprint density at radius 2 is 1.96 bits per heavy atom. The summed E-state index contributed by atoms with van der Waals surface area (Å²) in [6, 6.07) is 5.86. The number of nitrogens with one attached hydrogen (secondary N) is 1. The first-order valence-electron chi connectivity index (χ1n) is 8.43. The topological polar surface area (TPSA) is 49.4 Å². The Bertz CT molecular complexity index is 600. The van der Waals surface area contributed by atoms with Gasteiger partial charge in [0.2, 0.25) is 11.8 Å². The molecule has 2 rings (SSSR count). The average Bonchev–Trinajstić information content (AvgIpc) is 2.45. The first-order chi connectivity index (χ1) is 10.7. The molecule has 4 nitrogen and oxygen atoms in total. The van der Waals surface area contributed by atoms with Crippen molar-refractivity contribution in [3.8, 4) is 0 Å². The number of fused-ring (bicyclic) bond motifs is 1. The van der Waals surface area contributed by atoms with Crippen molar-refractivity contribution in [1.29, 1.82) is 0 Å². The third-order valence-corrected chi connectivity index (χ3v) is 4.15. The van der Waals surface area contributed by atoms with E-state index in [1.807, 2.05) is 43.9 Å². The highest BCUT2D eigenvalue weighted by Crippen LogP contribution is 2.31. The maximum atomic E-state index is 12.2. The molecule has 1 heterocycles. The Balaban J connectivity index is 2.19. The fraction of sp³-hybridized carbons (Fsp3) is 0.579. The Morgan fingerprint density at radius 3 is 2.57 bits per heavy atom. The SMILES string of the molecule is CC(C)CCN1C(=O)CCc2cc(NC(=O)C(C)(C)C)ccc21. The molecule has 126 valence electrons. The number of hydrogen-bond acceptors (Lipinski definition) is 2. The van der Waals surface area contributed by atoms with Crippen LogP contribution in [-0.4, -0.2) is 18.4 Å². The van der Waals surface area contributed by atoms with Gasteiger partial charge < -0.3 is 10.2 Å². The van der Waals surface area contributed by atoms with Crippen molar-refractivity contribution in [2.45, 2.75) is 53.9 Å². The van der Waals surface area contributed by atoms with E-state index >= 15 is 0 Å². The average molecular weight is 316 g/mol. The molecule has 0 saturated heterocycles. The van der Waals surface area contributed by atoms with Crippen molar-refractivity contribution in [2.75, 3.05) is 16.8 Å². The summed E-state index contributed by atoms with van der Waals surface area (Å²) in [5.74, 6) is 0.768. The summed E-state index contributed by atoms with van der Waals surface area (Å²) in [7, 11) is 0. The van der Waals surface area contributed by atoms with E-state index in [0.717, 1.165) is 36.3 Å². The second-order valence-corrected chi connectivity index (χ2v) is 7.78. The number of nitrogens with zero attached hydrogens (tertiary/aromatic N) is 1. The molecule has 0 fully saturated rings. The van der Waals surface area contributed by atoms with E-state index in [1.54, 1.807) is 0 Å². The molecule has 0 spiro atoms. The smallest absolute Gasteiger partial charge is 0.229 e. The zero-order valence-corrected chi connectivity index (χ0v) is 14.9. The van der Waals surface area contributed by atoms with Crippen LogP contribution in [0, 0.1) is 11.3 Å². The molecule has 1 aliphatic heterocycles. The van der Waals surface area contributed by atoms with Crippen molar-refractivity contribution in [1.82, 2.24) is 0 Å². The van der Waals surface area contributed by atoms with E-state index in [9.17, 15) is 9.59 Å². The lowest BCUT2D eigenvalue weighted by Crippen LogP contribution is -2.36. The summed E-state index contributed by atoms with van der Waals surface area (Å²) < 4.78 is 0. The number of carbonyl (C=O) groups is 2. The van der Waals surface area contributed by atoms with Gasteiger partial charge in [0.25, 0.3) is 0 Å². The number of amides is 2. The lowest BCUT2D eigenvalue weighted by atomic mass is 9.95. The Hall–Kier alpha value is -1.84. The van der Waals surface area contributed by atoms with Crippen LogP contribution in [0.4, 0.5) is 11.4 Å². The molecule has 0 bridgehead atoms. The molecular weight excluding hydrogens is 288 g/mol. The summed E-state index contributed by atoms with van der Waals surface area (Å²) >= 11 is 0. The monoisotopic (exact) mass is 316 g/mol. The van der Waals surface area contributed by atoms with Crippen LogP contribution in [-0.2, 0) is 16.0 Å². The minimum Gasteiger partial charge on any atom is -0.326 e. The van der Waals surface area contributed by atoms with Crippen LogP contribution in [0.5, 0.6) is 0 Å². The lowest BCUT2D eigenvalue weighted by Gasteiger charge is -2.30. The lowest BCUT2D eigenvalue weighted by molar-refractivity contribution is -0.123. The summed E-state index contributed by atoms with van der Waals surface area (Å²) in [5.41, 5.74) is 2.52. The second kappa shape index (κ2) is 6.73. The quantitative estimate of drug-likeness (QED) is 0.913. The maximum absolute atomic E-state index is 12.2. The molecule has 0 atom stereocenters. The molecule has 0 saturated carbocycles. The van der Waals surface area contributed by atoms with Gasteiger partial charge in [-0.1, -0.05) is 34.6 Å². The largest absolute Gasteiger partial charge is 0.326 e. The van der Waals surface area contributed by atoms with Crippen LogP contribution in [0.15, 0.2) is 18.2 Å². The zero-order valence-electron chi connectivity index (χ0n) is 14.9. The number of anilines is 2. The third kappa shape index (κ3) is 4.34. The van der Waals surface area contributed by atoms with Gasteiger partial charge in [-0.3, -0.25) is 9.59 Å². The van der Waals surface area contributed by atoms with E-state index in [-0.39, 0.29) is 11.8 Å². The van der Waals surface area contributed by atoms with E-state index in [1.165, 1.54) is 0 Å². The van der Waals surface area contributed by atoms with Crippen LogP contribution in [0.3, 0.4) is 0 Å². The minimum atomic E-state index is -0.421. The Morgan fingerprint density at radius 1 is 1.26 bits per heavy atom. The van der Waals surface area contributed by atoms with Crippen LogP contribution in [0.25, 0.3) is 0 Å². The summed E-state index contributed by atoms with van der Waals surface area (Å²) in [5, 5.41) is 2.97. The molecule has 0 aliphatic carbocycles. The number of hydrogen-bond donors (Lipinski definition) is 1. The molecule has 4 heteroatoms. The standard InChI is InChI=1S/C19H28N2O2/c1-13(2)10-11-21-16-8-7-15(20-18(23)19(3,4)5)12-14(16)6-9-17(21)22/h7-8,12-13H,6,9-11H2,1-5H3,(H,20,23). The van der Waals surface area contributed by atoms with Crippen molar-refractivity contribution in [3.05, 3.63) is 23.8 Å². The fourth-order valence-electron chi connectivity index (χ4n) is 2.59. The molecule has 1 N–H and O–H groups in total. The van der Waals surface area contributed by atoms with Crippen LogP contribution >= 0.6 is 0 Å². The zero-order chi connectivity index (χ0) is 17.2. The normalized spacial score (nSPS) is 14.9. The van der Waals surface area contributed by atoms with Crippen molar-refractivity contribution in [3.63, 3.8) is 0 Å². The van der Waals surface area contributed by atoms with Crippen molar-refractivity contribution >= 4 is 23.2 Å². The van der Waals surface area contributed by atoms with E-state index in [2.05, 4.69) is 19.2 Å². The van der Waals surface area contributed by atoms with Gasteiger partial charge in [-0.05, 0) is 42.5 Å². The van der Waals surface area contributed by atoms with Crippen LogP contribution in [0.2, 0.25) is 0 Å². The second-order valence-electron chi connectivity index (χ2n) is 7.78. The minimum absolute atomic E-state index is 0.000926. The van der Waals surface area contributed by atoms with E-state index < -0.39 is 5.41 Å². The number of aryl methyl sites for hydroxylation is 1. The molecule has 1 aromatic carbocycles. The molecular formula is C19H28N2O2. The molecule has 1 aromatic rings. The van der Waals surface area contributed by atoms with Gasteiger partial charge in [-0.15, -0.1) is 0 Å². The molecule has 0 unspecified atom stereocenters. The Labute approximate surface area is 139 Å². The third-order valence-electron chi connectivity index (χ3n) is 4.15. The molecule has 23 heavy (non-hydrogen) atoms. The number of rotatable bonds is 4. The van der Waals surface area contributed by atoms with Gasteiger partial charge in [0, 0.05) is 29.8 Å². The molecule has 0 aromatic heterocycles. The highest BCUT2D eigenvalue weighted by molar-refractivity contribution is 5.98. The van der Waals surface area contributed by atoms with Gasteiger partial charge >= 0.3 is 0 Å². The summed E-state index contributed by atoms with van der Waals surface area (Å²) in [6.45, 7) is 10.8. The van der Waals surface area contributed by atoms with Crippen LogP contribution in [0.1, 0.15) is 53.0 Å². The summed E-state index contributed by atoms with van der Waals surface area (Å²) in [4.78, 5) is 26.2. The first-order valence-corrected chi connectivity index (χ1v) is 8.43. The predicted octanol–water partition coefficient (Wildman–Crippen LogP) is 4.00. The summed E-state index contributed by atoms with van der Waals surface area (Å²) in [6.07, 6.45) is 2.28. The first kappa shape index (κ1) is 17.5. The highest BCUT2D eigenvalue weighted by atomic mass is 16.2. The van der Waals surface area contributed by atoms with Gasteiger partial charge in [-0.25, -0.2) is 0 Å². The number of carbonyl (C=O) groups excluding carboxylic acids is 2. The van der Waals surface area contributed by atoms with Gasteiger partial charge in [0.15, 0.2) is 0 Å². The highest BCUT2D eigenvalue weighted by Gasteiger charge is 2.25. The maximum Gasteiger partial charge on any atom is 0.229 e. The fourth-order valence-corrected chi connectivity index (χ4v) is 2.59. The van der Waals surface area contributed by atoms with E-state index in [0.29, 0.717) is 12.3 Å². The predicted molar refractivity (Wildman–Crippen MR) is 94.7 cm³/mol. The van der Waals surface area contributed by atoms with Gasteiger partial charge in [-0.2, -0.15) is 0 Å².